The lowest BCUT2D eigenvalue weighted by atomic mass is 10.2. The first kappa shape index (κ1) is 20.2. The number of ether oxygens (including phenoxy) is 1. The number of rotatable bonds is 7. The molecule has 0 aliphatic carbocycles. The molecule has 0 saturated heterocycles. The zero-order valence-corrected chi connectivity index (χ0v) is 15.8. The van der Waals surface area contributed by atoms with Crippen LogP contribution in [0.3, 0.4) is 0 Å². The summed E-state index contributed by atoms with van der Waals surface area (Å²) >= 11 is 0. The van der Waals surface area contributed by atoms with Crippen LogP contribution in [0.5, 0.6) is 0 Å². The Labute approximate surface area is 146 Å². The summed E-state index contributed by atoms with van der Waals surface area (Å²) in [6, 6.07) is 10.2. The molecule has 120 valence electrons. The molecule has 0 bridgehead atoms. The van der Waals surface area contributed by atoms with Crippen LogP contribution < -0.4 is 5.32 Å². The average Bonchev–Trinajstić information content (AvgIpc) is 2.44. The quantitative estimate of drug-likeness (QED) is 0.431. The lowest BCUT2D eigenvalue weighted by Crippen LogP contribution is -2.36. The maximum absolute atomic E-state index is 5.73. The molecule has 0 saturated carbocycles. The zero-order chi connectivity index (χ0) is 14.8. The van der Waals surface area contributed by atoms with Crippen molar-refractivity contribution in [3.63, 3.8) is 0 Å². The van der Waals surface area contributed by atoms with Gasteiger partial charge < -0.3 is 15.0 Å². The molecule has 1 rings (SSSR count). The van der Waals surface area contributed by atoms with Crippen molar-refractivity contribution in [1.29, 1.82) is 0 Å². The number of hydrogen-bond donors (Lipinski definition) is 1. The smallest absolute Gasteiger partial charge is 0.193 e. The van der Waals surface area contributed by atoms with Crippen LogP contribution in [0.1, 0.15) is 19.4 Å². The normalized spacial score (nSPS) is 12.5. The molecular formula is C16H28IN3O. The van der Waals surface area contributed by atoms with Crippen molar-refractivity contribution in [2.45, 2.75) is 20.5 Å². The van der Waals surface area contributed by atoms with E-state index in [1.807, 2.05) is 37.2 Å². The van der Waals surface area contributed by atoms with E-state index in [9.17, 15) is 0 Å². The minimum atomic E-state index is 0. The topological polar surface area (TPSA) is 36.9 Å². The summed E-state index contributed by atoms with van der Waals surface area (Å²) in [5, 5.41) is 3.25. The molecule has 1 N–H and O–H groups in total. The lowest BCUT2D eigenvalue weighted by Gasteiger charge is -2.17. The highest BCUT2D eigenvalue weighted by atomic mass is 127. The van der Waals surface area contributed by atoms with Crippen molar-refractivity contribution in [3.05, 3.63) is 35.9 Å². The summed E-state index contributed by atoms with van der Waals surface area (Å²) in [4.78, 5) is 6.59. The highest BCUT2D eigenvalue weighted by Gasteiger charge is 2.04. The molecule has 0 spiro atoms. The van der Waals surface area contributed by atoms with Gasteiger partial charge in [-0.2, -0.15) is 0 Å². The Bertz CT molecular complexity index is 396. The fourth-order valence-corrected chi connectivity index (χ4v) is 1.76. The van der Waals surface area contributed by atoms with Gasteiger partial charge in [-0.15, -0.1) is 24.0 Å². The van der Waals surface area contributed by atoms with E-state index < -0.39 is 0 Å². The molecule has 0 aromatic heterocycles. The third-order valence-electron chi connectivity index (χ3n) is 2.83. The Hall–Kier alpha value is -0.820. The van der Waals surface area contributed by atoms with Crippen LogP contribution >= 0.6 is 24.0 Å². The molecule has 4 nitrogen and oxygen atoms in total. The number of guanidine groups is 1. The van der Waals surface area contributed by atoms with Gasteiger partial charge in [0.1, 0.15) is 0 Å². The monoisotopic (exact) mass is 405 g/mol. The van der Waals surface area contributed by atoms with Crippen molar-refractivity contribution in [2.24, 2.45) is 10.9 Å². The SMILES string of the molecule is CCNC(=NCC(C)COCc1ccccc1)N(C)C.I. The summed E-state index contributed by atoms with van der Waals surface area (Å²) in [5.74, 6) is 1.34. The number of halogens is 1. The number of benzene rings is 1. The third-order valence-corrected chi connectivity index (χ3v) is 2.83. The lowest BCUT2D eigenvalue weighted by molar-refractivity contribution is 0.0944. The second-order valence-corrected chi connectivity index (χ2v) is 5.19. The maximum atomic E-state index is 5.73. The van der Waals surface area contributed by atoms with Gasteiger partial charge in [-0.3, -0.25) is 4.99 Å². The molecule has 0 heterocycles. The molecular weight excluding hydrogens is 377 g/mol. The Kier molecular flexibility index (Phi) is 11.3. The fourth-order valence-electron chi connectivity index (χ4n) is 1.76. The van der Waals surface area contributed by atoms with Crippen molar-refractivity contribution < 1.29 is 4.74 Å². The van der Waals surface area contributed by atoms with E-state index >= 15 is 0 Å². The Morgan fingerprint density at radius 3 is 2.52 bits per heavy atom. The first-order valence-electron chi connectivity index (χ1n) is 7.20. The molecule has 0 amide bonds. The Morgan fingerprint density at radius 2 is 1.95 bits per heavy atom. The molecule has 21 heavy (non-hydrogen) atoms. The summed E-state index contributed by atoms with van der Waals surface area (Å²) in [7, 11) is 4.00. The van der Waals surface area contributed by atoms with Gasteiger partial charge in [0.15, 0.2) is 5.96 Å². The number of nitrogens with one attached hydrogen (secondary N) is 1. The molecule has 0 aliphatic heterocycles. The van der Waals surface area contributed by atoms with Crippen LogP contribution in [-0.2, 0) is 11.3 Å². The van der Waals surface area contributed by atoms with Crippen LogP contribution in [0.25, 0.3) is 0 Å². The van der Waals surface area contributed by atoms with Crippen molar-refractivity contribution in [2.75, 3.05) is 33.8 Å². The number of aliphatic imine (C=N–C) groups is 1. The van der Waals surface area contributed by atoms with Gasteiger partial charge in [-0.05, 0) is 18.4 Å². The van der Waals surface area contributed by atoms with Gasteiger partial charge in [0.2, 0.25) is 0 Å². The minimum Gasteiger partial charge on any atom is -0.376 e. The average molecular weight is 405 g/mol. The van der Waals surface area contributed by atoms with Crippen LogP contribution in [0.15, 0.2) is 35.3 Å². The van der Waals surface area contributed by atoms with E-state index in [0.717, 1.165) is 25.7 Å². The highest BCUT2D eigenvalue weighted by molar-refractivity contribution is 14.0. The molecule has 1 unspecified atom stereocenters. The predicted molar refractivity (Wildman–Crippen MR) is 100 cm³/mol. The van der Waals surface area contributed by atoms with Crippen molar-refractivity contribution in [3.8, 4) is 0 Å². The van der Waals surface area contributed by atoms with Gasteiger partial charge in [0.05, 0.1) is 13.2 Å². The van der Waals surface area contributed by atoms with Gasteiger partial charge in [0, 0.05) is 27.2 Å². The predicted octanol–water partition coefficient (Wildman–Crippen LogP) is 2.98. The summed E-state index contributed by atoms with van der Waals surface area (Å²) in [6.07, 6.45) is 0. The first-order chi connectivity index (χ1) is 9.63. The standard InChI is InChI=1S/C16H27N3O.HI/c1-5-17-16(19(3)4)18-11-14(2)12-20-13-15-9-7-6-8-10-15;/h6-10,14H,5,11-13H2,1-4H3,(H,17,18);1H. The van der Waals surface area contributed by atoms with E-state index in [4.69, 9.17) is 4.74 Å². The van der Waals surface area contributed by atoms with E-state index in [2.05, 4.69) is 36.3 Å². The van der Waals surface area contributed by atoms with Crippen LogP contribution in [-0.4, -0.2) is 44.7 Å². The fraction of sp³-hybridized carbons (Fsp3) is 0.562. The minimum absolute atomic E-state index is 0. The second-order valence-electron chi connectivity index (χ2n) is 5.19. The van der Waals surface area contributed by atoms with E-state index in [1.165, 1.54) is 5.56 Å². The maximum Gasteiger partial charge on any atom is 0.193 e. The largest absolute Gasteiger partial charge is 0.376 e. The molecule has 1 atom stereocenters. The molecule has 0 aliphatic rings. The van der Waals surface area contributed by atoms with Gasteiger partial charge in [-0.1, -0.05) is 37.3 Å². The highest BCUT2D eigenvalue weighted by Crippen LogP contribution is 2.03. The van der Waals surface area contributed by atoms with E-state index in [-0.39, 0.29) is 24.0 Å². The summed E-state index contributed by atoms with van der Waals surface area (Å²) < 4.78 is 5.73. The third kappa shape index (κ3) is 8.93. The molecule has 0 radical (unpaired) electrons. The first-order valence-corrected chi connectivity index (χ1v) is 7.20. The Balaban J connectivity index is 0.00000400. The molecule has 5 heteroatoms. The van der Waals surface area contributed by atoms with Gasteiger partial charge in [-0.25, -0.2) is 0 Å². The van der Waals surface area contributed by atoms with E-state index in [0.29, 0.717) is 12.5 Å². The summed E-state index contributed by atoms with van der Waals surface area (Å²) in [5.41, 5.74) is 1.21. The molecule has 1 aromatic carbocycles. The van der Waals surface area contributed by atoms with E-state index in [1.54, 1.807) is 0 Å². The summed E-state index contributed by atoms with van der Waals surface area (Å²) in [6.45, 7) is 7.29. The number of hydrogen-bond acceptors (Lipinski definition) is 2. The molecule has 0 fully saturated rings. The number of nitrogens with zero attached hydrogens (tertiary/aromatic N) is 2. The zero-order valence-electron chi connectivity index (χ0n) is 13.5. The Morgan fingerprint density at radius 1 is 1.29 bits per heavy atom. The van der Waals surface area contributed by atoms with Crippen molar-refractivity contribution >= 4 is 29.9 Å². The van der Waals surface area contributed by atoms with Gasteiger partial charge >= 0.3 is 0 Å². The van der Waals surface area contributed by atoms with Crippen molar-refractivity contribution in [1.82, 2.24) is 10.2 Å². The second kappa shape index (κ2) is 11.8. The molecule has 1 aromatic rings. The van der Waals surface area contributed by atoms with Gasteiger partial charge in [0.25, 0.3) is 0 Å². The van der Waals surface area contributed by atoms with Crippen LogP contribution in [0, 0.1) is 5.92 Å². The van der Waals surface area contributed by atoms with Crippen LogP contribution in [0.4, 0.5) is 0 Å². The van der Waals surface area contributed by atoms with Crippen LogP contribution in [0.2, 0.25) is 0 Å².